The Morgan fingerprint density at radius 2 is 1.72 bits per heavy atom. The first-order valence-corrected chi connectivity index (χ1v) is 13.8. The number of nitrogens with one attached hydrogen (secondary N) is 1. The number of rotatable bonds is 4. The molecule has 1 N–H and O–H groups in total. The average Bonchev–Trinajstić information content (AvgIpc) is 3.49. The third-order valence-electron chi connectivity index (χ3n) is 7.04. The first-order valence-electron chi connectivity index (χ1n) is 12.7. The van der Waals surface area contributed by atoms with Crippen molar-refractivity contribution in [3.8, 4) is 0 Å². The minimum Gasteiger partial charge on any atom is -0.456 e. The molecule has 0 aliphatic heterocycles. The number of para-hydroxylation sites is 1. The molecule has 0 amide bonds. The van der Waals surface area contributed by atoms with Crippen molar-refractivity contribution in [1.29, 1.82) is 5.41 Å². The van der Waals surface area contributed by atoms with Gasteiger partial charge in [-0.2, -0.15) is 0 Å². The average molecular weight is 548 g/mol. The van der Waals surface area contributed by atoms with E-state index in [0.717, 1.165) is 57.9 Å². The Hall–Kier alpha value is -4.19. The number of thiophene rings is 1. The van der Waals surface area contributed by atoms with Gasteiger partial charge in [0.05, 0.1) is 0 Å². The molecule has 0 fully saturated rings. The SMILES string of the molecule is C=c1/c(=C\C(C)N(C)C(=NC(=N)c2ccc3c(c2)sc2cccc(Cl)c23)c2ccccc2)oc2ccccc12. The largest absolute Gasteiger partial charge is 0.456 e. The van der Waals surface area contributed by atoms with Crippen LogP contribution in [0, 0.1) is 5.41 Å². The maximum Gasteiger partial charge on any atom is 0.154 e. The summed E-state index contributed by atoms with van der Waals surface area (Å²) in [7, 11) is 1.99. The zero-order chi connectivity index (χ0) is 27.1. The van der Waals surface area contributed by atoms with Gasteiger partial charge in [-0.1, -0.05) is 84.9 Å². The first-order chi connectivity index (χ1) is 18.9. The summed E-state index contributed by atoms with van der Waals surface area (Å²) in [6.45, 7) is 6.33. The highest BCUT2D eigenvalue weighted by Gasteiger charge is 2.17. The van der Waals surface area contributed by atoms with E-state index in [1.807, 2.05) is 92.0 Å². The van der Waals surface area contributed by atoms with Crippen molar-refractivity contribution in [3.05, 3.63) is 118 Å². The van der Waals surface area contributed by atoms with Crippen LogP contribution in [0.3, 0.4) is 0 Å². The zero-order valence-electron chi connectivity index (χ0n) is 21.6. The highest BCUT2D eigenvalue weighted by atomic mass is 35.5. The molecule has 0 saturated carbocycles. The van der Waals surface area contributed by atoms with Crippen molar-refractivity contribution in [1.82, 2.24) is 4.90 Å². The lowest BCUT2D eigenvalue weighted by atomic mass is 10.1. The Morgan fingerprint density at radius 3 is 2.51 bits per heavy atom. The molecule has 4 nitrogen and oxygen atoms in total. The summed E-state index contributed by atoms with van der Waals surface area (Å²) in [6, 6.07) is 29.8. The van der Waals surface area contributed by atoms with Crippen LogP contribution in [0.15, 0.2) is 100 Å². The van der Waals surface area contributed by atoms with Crippen molar-refractivity contribution < 1.29 is 4.42 Å². The van der Waals surface area contributed by atoms with Crippen LogP contribution in [-0.2, 0) is 0 Å². The van der Waals surface area contributed by atoms with Gasteiger partial charge in [0.15, 0.2) is 5.84 Å². The number of fused-ring (bicyclic) bond motifs is 4. The van der Waals surface area contributed by atoms with E-state index >= 15 is 0 Å². The molecule has 6 aromatic rings. The van der Waals surface area contributed by atoms with Crippen LogP contribution in [0.5, 0.6) is 0 Å². The standard InChI is InChI=1S/C33H26ClN3OS/c1-20(18-28-21(2)24-12-7-8-14-27(24)38-28)37(3)33(22-10-5-4-6-11-22)36-32(35)23-16-17-25-30(19-23)39-29-15-9-13-26(34)31(25)29/h4-20,35H,2H2,1,3H3/b28-18+,35-32?,36-33?. The van der Waals surface area contributed by atoms with Crippen molar-refractivity contribution in [2.45, 2.75) is 13.0 Å². The molecule has 6 heteroatoms. The van der Waals surface area contributed by atoms with Gasteiger partial charge in [0.1, 0.15) is 16.8 Å². The number of amidine groups is 2. The lowest BCUT2D eigenvalue weighted by Crippen LogP contribution is -2.37. The van der Waals surface area contributed by atoms with Gasteiger partial charge in [-0.05, 0) is 37.3 Å². The van der Waals surface area contributed by atoms with Gasteiger partial charge in [0.2, 0.25) is 0 Å². The summed E-state index contributed by atoms with van der Waals surface area (Å²) in [5.41, 5.74) is 3.24. The van der Waals surface area contributed by atoms with E-state index in [-0.39, 0.29) is 11.9 Å². The highest BCUT2D eigenvalue weighted by molar-refractivity contribution is 7.26. The van der Waals surface area contributed by atoms with Crippen LogP contribution < -0.4 is 10.6 Å². The first kappa shape index (κ1) is 25.1. The molecule has 0 bridgehead atoms. The Balaban J connectivity index is 1.39. The van der Waals surface area contributed by atoms with Crippen LogP contribution in [0.2, 0.25) is 5.02 Å². The lowest BCUT2D eigenvalue weighted by Gasteiger charge is -2.26. The summed E-state index contributed by atoms with van der Waals surface area (Å²) in [6.07, 6.45) is 2.05. The fourth-order valence-electron chi connectivity index (χ4n) is 4.81. The minimum atomic E-state index is -0.0787. The smallest absolute Gasteiger partial charge is 0.154 e. The van der Waals surface area contributed by atoms with E-state index in [1.54, 1.807) is 11.3 Å². The second-order valence-electron chi connectivity index (χ2n) is 9.54. The van der Waals surface area contributed by atoms with E-state index in [2.05, 4.69) is 30.5 Å². The fraction of sp³-hybridized carbons (Fsp3) is 0.0909. The van der Waals surface area contributed by atoms with Gasteiger partial charge >= 0.3 is 0 Å². The van der Waals surface area contributed by atoms with Gasteiger partial charge < -0.3 is 9.32 Å². The zero-order valence-corrected chi connectivity index (χ0v) is 23.2. The quantitative estimate of drug-likeness (QED) is 0.184. The predicted molar refractivity (Wildman–Crippen MR) is 167 cm³/mol. The third-order valence-corrected chi connectivity index (χ3v) is 8.47. The second-order valence-corrected chi connectivity index (χ2v) is 11.0. The number of benzene rings is 4. The van der Waals surface area contributed by atoms with E-state index in [1.165, 1.54) is 0 Å². The molecule has 1 unspecified atom stereocenters. The van der Waals surface area contributed by atoms with Crippen LogP contribution in [0.1, 0.15) is 18.1 Å². The Labute approximate surface area is 235 Å². The van der Waals surface area contributed by atoms with Gasteiger partial charge in [-0.25, -0.2) is 4.99 Å². The van der Waals surface area contributed by atoms with E-state index in [0.29, 0.717) is 5.84 Å². The lowest BCUT2D eigenvalue weighted by molar-refractivity contribution is 0.464. The Morgan fingerprint density at radius 1 is 0.949 bits per heavy atom. The fourth-order valence-corrected chi connectivity index (χ4v) is 6.31. The van der Waals surface area contributed by atoms with E-state index in [4.69, 9.17) is 26.4 Å². The number of hydrogen-bond donors (Lipinski definition) is 1. The van der Waals surface area contributed by atoms with Crippen molar-refractivity contribution >= 4 is 78.4 Å². The molecule has 0 aliphatic rings. The van der Waals surface area contributed by atoms with E-state index < -0.39 is 0 Å². The van der Waals surface area contributed by atoms with Gasteiger partial charge in [-0.3, -0.25) is 5.41 Å². The van der Waals surface area contributed by atoms with E-state index in [9.17, 15) is 0 Å². The maximum atomic E-state index is 8.95. The molecule has 0 spiro atoms. The molecule has 0 radical (unpaired) electrons. The Kier molecular flexibility index (Phi) is 6.55. The molecular formula is C33H26ClN3OS. The normalized spacial score (nSPS) is 13.4. The minimum absolute atomic E-state index is 0.0787. The van der Waals surface area contributed by atoms with Crippen LogP contribution in [-0.4, -0.2) is 29.7 Å². The van der Waals surface area contributed by atoms with Crippen LogP contribution >= 0.6 is 22.9 Å². The molecule has 39 heavy (non-hydrogen) atoms. The summed E-state index contributed by atoms with van der Waals surface area (Å²) in [5.74, 6) is 0.894. The molecule has 192 valence electrons. The summed E-state index contributed by atoms with van der Waals surface area (Å²) >= 11 is 8.17. The van der Waals surface area contributed by atoms with Crippen LogP contribution in [0.25, 0.3) is 43.8 Å². The van der Waals surface area contributed by atoms with Crippen LogP contribution in [0.4, 0.5) is 0 Å². The topological polar surface area (TPSA) is 52.6 Å². The number of aliphatic imine (C=N–C) groups is 1. The third kappa shape index (κ3) is 4.65. The maximum absolute atomic E-state index is 8.95. The Bertz CT molecular complexity index is 2010. The molecule has 2 heterocycles. The van der Waals surface area contributed by atoms with Gasteiger partial charge in [0, 0.05) is 60.0 Å². The summed E-state index contributed by atoms with van der Waals surface area (Å²) in [4.78, 5) is 6.93. The van der Waals surface area contributed by atoms with Crippen molar-refractivity contribution in [2.75, 3.05) is 7.05 Å². The number of hydrogen-bond acceptors (Lipinski definition) is 3. The highest BCUT2D eigenvalue weighted by Crippen LogP contribution is 2.38. The second kappa shape index (κ2) is 10.2. The number of furan rings is 1. The van der Waals surface area contributed by atoms with Gasteiger partial charge in [-0.15, -0.1) is 11.3 Å². The monoisotopic (exact) mass is 547 g/mol. The molecular weight excluding hydrogens is 522 g/mol. The molecule has 0 saturated heterocycles. The number of halogens is 1. The molecule has 0 aliphatic carbocycles. The van der Waals surface area contributed by atoms with Crippen molar-refractivity contribution in [2.24, 2.45) is 4.99 Å². The van der Waals surface area contributed by atoms with Crippen molar-refractivity contribution in [3.63, 3.8) is 0 Å². The molecule has 4 aromatic carbocycles. The summed E-state index contributed by atoms with van der Waals surface area (Å²) in [5, 5.41) is 13.7. The molecule has 1 atom stereocenters. The predicted octanol–water partition coefficient (Wildman–Crippen LogP) is 7.44. The molecule has 6 rings (SSSR count). The van der Waals surface area contributed by atoms with Gasteiger partial charge in [0.25, 0.3) is 0 Å². The summed E-state index contributed by atoms with van der Waals surface area (Å²) < 4.78 is 8.31. The number of nitrogens with zero attached hydrogens (tertiary/aromatic N) is 2. The molecule has 2 aromatic heterocycles.